The third-order valence-electron chi connectivity index (χ3n) is 2.37. The molecule has 0 fully saturated rings. The molecule has 3 heteroatoms. The Hall–Kier alpha value is -0.830. The zero-order valence-electron chi connectivity index (χ0n) is 12.5. The van der Waals surface area contributed by atoms with Gasteiger partial charge in [0.25, 0.3) is 0 Å². The largest absolute Gasteiger partial charge is 0.457 e. The molecule has 0 radical (unpaired) electrons. The fourth-order valence-corrected chi connectivity index (χ4v) is 2.05. The molecule has 17 heavy (non-hydrogen) atoms. The first kappa shape index (κ1) is 16.2. The van der Waals surface area contributed by atoms with Crippen LogP contribution in [0.5, 0.6) is 0 Å². The van der Waals surface area contributed by atoms with Gasteiger partial charge >= 0.3 is 5.97 Å². The molecular formula is C14H27NO2. The minimum absolute atomic E-state index is 0.130. The Labute approximate surface area is 105 Å². The number of hydrogen-bond donors (Lipinski definition) is 1. The lowest BCUT2D eigenvalue weighted by Gasteiger charge is -2.29. The summed E-state index contributed by atoms with van der Waals surface area (Å²) in [5, 5.41) is 0. The van der Waals surface area contributed by atoms with Crippen LogP contribution in [0.2, 0.25) is 0 Å². The zero-order valence-corrected chi connectivity index (χ0v) is 12.5. The molecule has 0 saturated heterocycles. The molecule has 0 aromatic heterocycles. The van der Waals surface area contributed by atoms with Crippen LogP contribution < -0.4 is 5.73 Å². The zero-order chi connectivity index (χ0) is 14.0. The highest BCUT2D eigenvalue weighted by atomic mass is 16.6. The van der Waals surface area contributed by atoms with Gasteiger partial charge < -0.3 is 10.5 Å². The molecule has 0 aliphatic rings. The Morgan fingerprint density at radius 1 is 1.12 bits per heavy atom. The standard InChI is InChI=1S/C14H27NO2/c1-9(12(16)17-14(6,7)8)11(10(2)15)13(3,4)5/h10H,15H2,1-8H3. The molecule has 1 atom stereocenters. The average Bonchev–Trinajstić information content (AvgIpc) is 1.96. The third kappa shape index (κ3) is 5.35. The normalized spacial score (nSPS) is 16.3. The van der Waals surface area contributed by atoms with Crippen molar-refractivity contribution in [3.8, 4) is 0 Å². The van der Waals surface area contributed by atoms with Crippen LogP contribution in [0.1, 0.15) is 55.4 Å². The lowest BCUT2D eigenvalue weighted by molar-refractivity contribution is -0.150. The maximum absolute atomic E-state index is 12.0. The second-order valence-electron chi connectivity index (χ2n) is 6.58. The summed E-state index contributed by atoms with van der Waals surface area (Å²) < 4.78 is 5.37. The van der Waals surface area contributed by atoms with Crippen LogP contribution in [0.3, 0.4) is 0 Å². The van der Waals surface area contributed by atoms with E-state index >= 15 is 0 Å². The Balaban J connectivity index is 5.31. The number of nitrogens with two attached hydrogens (primary N) is 1. The smallest absolute Gasteiger partial charge is 0.334 e. The van der Waals surface area contributed by atoms with Crippen molar-refractivity contribution in [2.24, 2.45) is 11.1 Å². The Bertz CT molecular complexity index is 314. The maximum Gasteiger partial charge on any atom is 0.334 e. The van der Waals surface area contributed by atoms with Crippen LogP contribution in [-0.4, -0.2) is 17.6 Å². The highest BCUT2D eigenvalue weighted by molar-refractivity contribution is 5.89. The van der Waals surface area contributed by atoms with Crippen molar-refractivity contribution in [3.63, 3.8) is 0 Å². The molecule has 0 aliphatic carbocycles. The number of carbonyl (C=O) groups is 1. The van der Waals surface area contributed by atoms with E-state index in [1.165, 1.54) is 0 Å². The van der Waals surface area contributed by atoms with Crippen LogP contribution in [0, 0.1) is 5.41 Å². The molecule has 0 aromatic rings. The summed E-state index contributed by atoms with van der Waals surface area (Å²) in [6.45, 7) is 15.4. The molecule has 0 spiro atoms. The van der Waals surface area contributed by atoms with E-state index in [9.17, 15) is 4.79 Å². The van der Waals surface area contributed by atoms with Crippen LogP contribution in [0.15, 0.2) is 11.1 Å². The second kappa shape index (κ2) is 5.21. The Morgan fingerprint density at radius 2 is 1.53 bits per heavy atom. The molecule has 0 heterocycles. The topological polar surface area (TPSA) is 52.3 Å². The van der Waals surface area contributed by atoms with E-state index in [0.717, 1.165) is 5.57 Å². The lowest BCUT2D eigenvalue weighted by Crippen LogP contribution is -2.32. The van der Waals surface area contributed by atoms with E-state index in [1.54, 1.807) is 6.92 Å². The first-order valence-electron chi connectivity index (χ1n) is 6.06. The van der Waals surface area contributed by atoms with Crippen molar-refractivity contribution < 1.29 is 9.53 Å². The summed E-state index contributed by atoms with van der Waals surface area (Å²) in [7, 11) is 0. The summed E-state index contributed by atoms with van der Waals surface area (Å²) in [4.78, 5) is 12.0. The molecule has 0 rings (SSSR count). The van der Waals surface area contributed by atoms with Gasteiger partial charge in [0.1, 0.15) is 5.60 Å². The monoisotopic (exact) mass is 241 g/mol. The number of ether oxygens (including phenoxy) is 1. The summed E-state index contributed by atoms with van der Waals surface area (Å²) in [5.41, 5.74) is 6.93. The summed E-state index contributed by atoms with van der Waals surface area (Å²) >= 11 is 0. The maximum atomic E-state index is 12.0. The van der Waals surface area contributed by atoms with Gasteiger partial charge in [-0.05, 0) is 45.6 Å². The molecular weight excluding hydrogens is 214 g/mol. The molecule has 0 bridgehead atoms. The van der Waals surface area contributed by atoms with E-state index in [1.807, 2.05) is 27.7 Å². The first-order chi connectivity index (χ1) is 7.36. The van der Waals surface area contributed by atoms with Crippen molar-refractivity contribution in [1.82, 2.24) is 0 Å². The van der Waals surface area contributed by atoms with E-state index in [4.69, 9.17) is 10.5 Å². The van der Waals surface area contributed by atoms with Gasteiger partial charge in [-0.1, -0.05) is 20.8 Å². The Morgan fingerprint density at radius 3 is 1.76 bits per heavy atom. The number of carbonyl (C=O) groups excluding carboxylic acids is 1. The van der Waals surface area contributed by atoms with E-state index in [2.05, 4.69) is 20.8 Å². The van der Waals surface area contributed by atoms with Crippen molar-refractivity contribution in [2.75, 3.05) is 0 Å². The lowest BCUT2D eigenvalue weighted by atomic mass is 9.80. The molecule has 0 aromatic carbocycles. The number of esters is 1. The summed E-state index contributed by atoms with van der Waals surface area (Å²) in [6.07, 6.45) is 0. The van der Waals surface area contributed by atoms with Gasteiger partial charge in [0, 0.05) is 11.6 Å². The van der Waals surface area contributed by atoms with Gasteiger partial charge in [-0.25, -0.2) is 4.79 Å². The van der Waals surface area contributed by atoms with Gasteiger partial charge in [-0.15, -0.1) is 0 Å². The van der Waals surface area contributed by atoms with Crippen LogP contribution >= 0.6 is 0 Å². The average molecular weight is 241 g/mol. The van der Waals surface area contributed by atoms with Crippen molar-refractivity contribution in [1.29, 1.82) is 0 Å². The second-order valence-corrected chi connectivity index (χ2v) is 6.58. The third-order valence-corrected chi connectivity index (χ3v) is 2.37. The molecule has 0 saturated carbocycles. The van der Waals surface area contributed by atoms with E-state index in [0.29, 0.717) is 5.57 Å². The van der Waals surface area contributed by atoms with Gasteiger partial charge in [-0.2, -0.15) is 0 Å². The van der Waals surface area contributed by atoms with E-state index < -0.39 is 5.60 Å². The SMILES string of the molecule is CC(C(=O)OC(C)(C)C)=C(C(C)N)C(C)(C)C. The van der Waals surface area contributed by atoms with Crippen molar-refractivity contribution in [2.45, 2.75) is 67.0 Å². The molecule has 3 nitrogen and oxygen atoms in total. The summed E-state index contributed by atoms with van der Waals surface area (Å²) in [6, 6.07) is -0.150. The molecule has 100 valence electrons. The fraction of sp³-hybridized carbons (Fsp3) is 0.786. The predicted octanol–water partition coefficient (Wildman–Crippen LogP) is 3.04. The number of hydrogen-bond acceptors (Lipinski definition) is 3. The minimum Gasteiger partial charge on any atom is -0.457 e. The first-order valence-corrected chi connectivity index (χ1v) is 6.06. The van der Waals surface area contributed by atoms with Gasteiger partial charge in [0.05, 0.1) is 0 Å². The number of rotatable bonds is 2. The van der Waals surface area contributed by atoms with Crippen molar-refractivity contribution in [3.05, 3.63) is 11.1 Å². The van der Waals surface area contributed by atoms with E-state index in [-0.39, 0.29) is 17.4 Å². The summed E-state index contributed by atoms with van der Waals surface area (Å²) in [5.74, 6) is -0.278. The van der Waals surface area contributed by atoms with Gasteiger partial charge in [0.15, 0.2) is 0 Å². The Kier molecular flexibility index (Phi) is 4.96. The predicted molar refractivity (Wildman–Crippen MR) is 71.6 cm³/mol. The van der Waals surface area contributed by atoms with Gasteiger partial charge in [-0.3, -0.25) is 0 Å². The van der Waals surface area contributed by atoms with Crippen LogP contribution in [-0.2, 0) is 9.53 Å². The molecule has 0 aliphatic heterocycles. The van der Waals surface area contributed by atoms with Crippen LogP contribution in [0.25, 0.3) is 0 Å². The quantitative estimate of drug-likeness (QED) is 0.597. The highest BCUT2D eigenvalue weighted by Gasteiger charge is 2.27. The van der Waals surface area contributed by atoms with Crippen molar-refractivity contribution >= 4 is 5.97 Å². The fourth-order valence-electron chi connectivity index (χ4n) is 2.05. The van der Waals surface area contributed by atoms with Gasteiger partial charge in [0.2, 0.25) is 0 Å². The molecule has 0 amide bonds. The molecule has 1 unspecified atom stereocenters. The highest BCUT2D eigenvalue weighted by Crippen LogP contribution is 2.31. The van der Waals surface area contributed by atoms with Crippen LogP contribution in [0.4, 0.5) is 0 Å². The minimum atomic E-state index is -0.473. The molecule has 2 N–H and O–H groups in total.